The number of likely N-dealkylation sites (tertiary alicyclic amines) is 1. The Balaban J connectivity index is 1.65. The normalized spacial score (nSPS) is 26.6. The van der Waals surface area contributed by atoms with Gasteiger partial charge in [-0.3, -0.25) is 0 Å². The molecule has 0 aromatic heterocycles. The molecule has 0 aromatic carbocycles. The highest BCUT2D eigenvalue weighted by Crippen LogP contribution is 2.41. The summed E-state index contributed by atoms with van der Waals surface area (Å²) in [4.78, 5) is 2.70. The maximum Gasteiger partial charge on any atom is 0.00914 e. The molecule has 0 aromatic rings. The van der Waals surface area contributed by atoms with Crippen molar-refractivity contribution in [1.29, 1.82) is 0 Å². The Hall–Kier alpha value is -0.0800. The van der Waals surface area contributed by atoms with Crippen LogP contribution in [0.4, 0.5) is 0 Å². The van der Waals surface area contributed by atoms with E-state index in [1.165, 1.54) is 64.7 Å². The van der Waals surface area contributed by atoms with E-state index in [0.29, 0.717) is 5.41 Å². The van der Waals surface area contributed by atoms with Crippen LogP contribution < -0.4 is 5.32 Å². The van der Waals surface area contributed by atoms with Crippen molar-refractivity contribution in [3.8, 4) is 0 Å². The second kappa shape index (κ2) is 5.50. The number of hydrogen-bond acceptors (Lipinski definition) is 2. The molecule has 2 fully saturated rings. The minimum Gasteiger partial charge on any atom is -0.314 e. The van der Waals surface area contributed by atoms with Gasteiger partial charge in [-0.05, 0) is 57.2 Å². The topological polar surface area (TPSA) is 15.3 Å². The van der Waals surface area contributed by atoms with Crippen molar-refractivity contribution in [1.82, 2.24) is 10.2 Å². The van der Waals surface area contributed by atoms with Crippen molar-refractivity contribution < 1.29 is 0 Å². The van der Waals surface area contributed by atoms with Gasteiger partial charge in [0.25, 0.3) is 0 Å². The van der Waals surface area contributed by atoms with Crippen molar-refractivity contribution in [3.05, 3.63) is 0 Å². The number of nitrogens with zero attached hydrogens (tertiary/aromatic N) is 1. The monoisotopic (exact) mass is 224 g/mol. The molecule has 1 heterocycles. The summed E-state index contributed by atoms with van der Waals surface area (Å²) in [5.74, 6) is 0. The highest BCUT2D eigenvalue weighted by atomic mass is 15.1. The number of piperidine rings is 1. The number of nitrogens with one attached hydrogen (secondary N) is 1. The second-order valence-electron chi connectivity index (χ2n) is 6.17. The van der Waals surface area contributed by atoms with Gasteiger partial charge in [-0.15, -0.1) is 0 Å². The molecule has 94 valence electrons. The van der Waals surface area contributed by atoms with Crippen molar-refractivity contribution in [3.63, 3.8) is 0 Å². The molecule has 16 heavy (non-hydrogen) atoms. The van der Waals surface area contributed by atoms with Crippen LogP contribution in [0.25, 0.3) is 0 Å². The first-order chi connectivity index (χ1) is 7.72. The predicted octanol–water partition coefficient (Wildman–Crippen LogP) is 2.64. The van der Waals surface area contributed by atoms with Crippen LogP contribution in [0.15, 0.2) is 0 Å². The molecule has 2 rings (SSSR count). The van der Waals surface area contributed by atoms with Gasteiger partial charge in [0.2, 0.25) is 0 Å². The summed E-state index contributed by atoms with van der Waals surface area (Å²) in [5, 5.41) is 3.66. The summed E-state index contributed by atoms with van der Waals surface area (Å²) in [6, 6.07) is 0.797. The third-order valence-electron chi connectivity index (χ3n) is 4.44. The molecule has 2 aliphatic rings. The molecule has 1 aliphatic carbocycles. The molecule has 1 saturated carbocycles. The molecule has 2 heteroatoms. The summed E-state index contributed by atoms with van der Waals surface area (Å²) in [6.07, 6.45) is 8.36. The molecule has 0 unspecified atom stereocenters. The summed E-state index contributed by atoms with van der Waals surface area (Å²) in [7, 11) is 0. The van der Waals surface area contributed by atoms with Crippen LogP contribution in [-0.4, -0.2) is 37.1 Å². The minimum atomic E-state index is 0.670. The van der Waals surface area contributed by atoms with Crippen LogP contribution in [0.1, 0.15) is 52.4 Å². The van der Waals surface area contributed by atoms with E-state index in [4.69, 9.17) is 0 Å². The first kappa shape index (κ1) is 12.4. The van der Waals surface area contributed by atoms with E-state index in [1.807, 2.05) is 0 Å². The molecule has 1 saturated heterocycles. The van der Waals surface area contributed by atoms with Crippen LogP contribution >= 0.6 is 0 Å². The highest BCUT2D eigenvalue weighted by molar-refractivity contribution is 4.88. The Morgan fingerprint density at radius 1 is 1.25 bits per heavy atom. The fourth-order valence-electron chi connectivity index (χ4n) is 3.12. The van der Waals surface area contributed by atoms with E-state index in [1.54, 1.807) is 0 Å². The Morgan fingerprint density at radius 2 is 1.94 bits per heavy atom. The van der Waals surface area contributed by atoms with Crippen LogP contribution in [0, 0.1) is 5.41 Å². The third kappa shape index (κ3) is 3.21. The van der Waals surface area contributed by atoms with Crippen LogP contribution in [0.5, 0.6) is 0 Å². The predicted molar refractivity (Wildman–Crippen MR) is 69.7 cm³/mol. The zero-order valence-electron chi connectivity index (χ0n) is 11.1. The van der Waals surface area contributed by atoms with Gasteiger partial charge in [0.15, 0.2) is 0 Å². The molecule has 2 nitrogen and oxygen atoms in total. The lowest BCUT2D eigenvalue weighted by molar-refractivity contribution is 0.0682. The van der Waals surface area contributed by atoms with Gasteiger partial charge in [0.1, 0.15) is 0 Å². The first-order valence-electron chi connectivity index (χ1n) is 7.18. The van der Waals surface area contributed by atoms with Crippen LogP contribution in [0.2, 0.25) is 0 Å². The van der Waals surface area contributed by atoms with Crippen molar-refractivity contribution in [2.24, 2.45) is 5.41 Å². The van der Waals surface area contributed by atoms with E-state index >= 15 is 0 Å². The van der Waals surface area contributed by atoms with Gasteiger partial charge < -0.3 is 10.2 Å². The lowest BCUT2D eigenvalue weighted by atomic mass is 9.70. The quantitative estimate of drug-likeness (QED) is 0.772. The molecule has 0 spiro atoms. The van der Waals surface area contributed by atoms with Crippen LogP contribution in [-0.2, 0) is 0 Å². The standard InChI is InChI=1S/C14H28N2/c1-3-9-15-13-5-10-16(11-6-13)12-14(2)7-4-8-14/h13,15H,3-12H2,1-2H3. The van der Waals surface area contributed by atoms with Gasteiger partial charge >= 0.3 is 0 Å². The lowest BCUT2D eigenvalue weighted by Gasteiger charge is -2.44. The maximum absolute atomic E-state index is 3.66. The first-order valence-corrected chi connectivity index (χ1v) is 7.18. The van der Waals surface area contributed by atoms with E-state index in [0.717, 1.165) is 6.04 Å². The van der Waals surface area contributed by atoms with Gasteiger partial charge in [-0.2, -0.15) is 0 Å². The summed E-state index contributed by atoms with van der Waals surface area (Å²) < 4.78 is 0. The highest BCUT2D eigenvalue weighted by Gasteiger charge is 2.34. The minimum absolute atomic E-state index is 0.670. The van der Waals surface area contributed by atoms with E-state index in [-0.39, 0.29) is 0 Å². The van der Waals surface area contributed by atoms with Gasteiger partial charge in [-0.1, -0.05) is 20.3 Å². The largest absolute Gasteiger partial charge is 0.314 e. The molecule has 0 radical (unpaired) electrons. The van der Waals surface area contributed by atoms with E-state index in [2.05, 4.69) is 24.1 Å². The SMILES string of the molecule is CCCNC1CCN(CC2(C)CCC2)CC1. The summed E-state index contributed by atoms with van der Waals surface area (Å²) in [6.45, 7) is 9.90. The average molecular weight is 224 g/mol. The smallest absolute Gasteiger partial charge is 0.00914 e. The Bertz CT molecular complexity index is 203. The number of hydrogen-bond donors (Lipinski definition) is 1. The van der Waals surface area contributed by atoms with Crippen molar-refractivity contribution in [2.45, 2.75) is 58.4 Å². The average Bonchev–Trinajstić information content (AvgIpc) is 2.26. The molecular weight excluding hydrogens is 196 g/mol. The van der Waals surface area contributed by atoms with E-state index in [9.17, 15) is 0 Å². The number of rotatable bonds is 5. The Kier molecular flexibility index (Phi) is 4.26. The van der Waals surface area contributed by atoms with Crippen LogP contribution in [0.3, 0.4) is 0 Å². The third-order valence-corrected chi connectivity index (χ3v) is 4.44. The van der Waals surface area contributed by atoms with Crippen molar-refractivity contribution in [2.75, 3.05) is 26.2 Å². The molecule has 0 atom stereocenters. The molecule has 1 N–H and O–H groups in total. The molecule has 1 aliphatic heterocycles. The van der Waals surface area contributed by atoms with Gasteiger partial charge in [0, 0.05) is 12.6 Å². The fraction of sp³-hybridized carbons (Fsp3) is 1.00. The van der Waals surface area contributed by atoms with Gasteiger partial charge in [0.05, 0.1) is 0 Å². The zero-order valence-corrected chi connectivity index (χ0v) is 11.1. The molecule has 0 amide bonds. The molecule has 0 bridgehead atoms. The fourth-order valence-corrected chi connectivity index (χ4v) is 3.12. The lowest BCUT2D eigenvalue weighted by Crippen LogP contribution is -2.47. The Labute approximate surface area is 101 Å². The Morgan fingerprint density at radius 3 is 2.44 bits per heavy atom. The molecular formula is C14H28N2. The van der Waals surface area contributed by atoms with Crippen molar-refractivity contribution >= 4 is 0 Å². The summed E-state index contributed by atoms with van der Waals surface area (Å²) >= 11 is 0. The summed E-state index contributed by atoms with van der Waals surface area (Å²) in [5.41, 5.74) is 0.670. The second-order valence-corrected chi connectivity index (χ2v) is 6.17. The zero-order chi connectivity index (χ0) is 11.4. The van der Waals surface area contributed by atoms with Gasteiger partial charge in [-0.25, -0.2) is 0 Å². The van der Waals surface area contributed by atoms with E-state index < -0.39 is 0 Å². The maximum atomic E-state index is 3.66.